The van der Waals surface area contributed by atoms with Crippen LogP contribution in [0.5, 0.6) is 0 Å². The third kappa shape index (κ3) is 2.42. The van der Waals surface area contributed by atoms with E-state index in [1.807, 2.05) is 19.1 Å². The highest BCUT2D eigenvalue weighted by Gasteiger charge is 2.13. The highest BCUT2D eigenvalue weighted by molar-refractivity contribution is 9.09. The van der Waals surface area contributed by atoms with Crippen molar-refractivity contribution < 1.29 is 4.79 Å². The Morgan fingerprint density at radius 1 is 1.41 bits per heavy atom. The average Bonchev–Trinajstić information content (AvgIpc) is 2.71. The molecular weight excluding hydrogens is 304 g/mol. The number of ketones is 1. The van der Waals surface area contributed by atoms with Crippen LogP contribution in [0.15, 0.2) is 30.5 Å². The second kappa shape index (κ2) is 5.02. The quantitative estimate of drug-likeness (QED) is 0.643. The summed E-state index contributed by atoms with van der Waals surface area (Å²) in [6, 6.07) is 7.32. The van der Waals surface area contributed by atoms with Crippen molar-refractivity contribution in [2.45, 2.75) is 6.92 Å². The predicted octanol–water partition coefficient (Wildman–Crippen LogP) is 3.41. The molecule has 1 aromatic carbocycles. The monoisotopic (exact) mass is 312 g/mol. The number of Topliss-reactive ketones (excluding diaryl/α,β-unsaturated/α-hetero) is 1. The zero-order valence-electron chi connectivity index (χ0n) is 9.15. The van der Waals surface area contributed by atoms with E-state index < -0.39 is 0 Å². The first-order valence-corrected chi connectivity index (χ1v) is 6.53. The van der Waals surface area contributed by atoms with Crippen molar-refractivity contribution in [1.82, 2.24) is 9.78 Å². The number of hydrogen-bond acceptors (Lipinski definition) is 2. The topological polar surface area (TPSA) is 34.9 Å². The third-order valence-electron chi connectivity index (χ3n) is 2.50. The fraction of sp³-hybridized carbons (Fsp3) is 0.167. The van der Waals surface area contributed by atoms with E-state index in [0.717, 1.165) is 11.4 Å². The van der Waals surface area contributed by atoms with E-state index >= 15 is 0 Å². The Bertz CT molecular complexity index is 548. The lowest BCUT2D eigenvalue weighted by Gasteiger charge is -2.04. The van der Waals surface area contributed by atoms with Crippen molar-refractivity contribution in [3.05, 3.63) is 46.7 Å². The summed E-state index contributed by atoms with van der Waals surface area (Å²) in [6.07, 6.45) is 1.59. The van der Waals surface area contributed by atoms with Crippen molar-refractivity contribution in [3.63, 3.8) is 0 Å². The number of carbonyl (C=O) groups is 1. The number of aromatic nitrogens is 2. The van der Waals surface area contributed by atoms with Crippen LogP contribution in [-0.2, 0) is 0 Å². The molecule has 0 aliphatic carbocycles. The normalized spacial score (nSPS) is 10.5. The largest absolute Gasteiger partial charge is 0.293 e. The Kier molecular flexibility index (Phi) is 3.64. The fourth-order valence-electron chi connectivity index (χ4n) is 1.60. The van der Waals surface area contributed by atoms with Crippen LogP contribution in [0.2, 0.25) is 5.02 Å². The summed E-state index contributed by atoms with van der Waals surface area (Å²) in [6.45, 7) is 1.87. The molecule has 0 spiro atoms. The predicted molar refractivity (Wildman–Crippen MR) is 71.4 cm³/mol. The third-order valence-corrected chi connectivity index (χ3v) is 3.26. The average molecular weight is 314 g/mol. The molecular formula is C12H10BrClN2O. The minimum Gasteiger partial charge on any atom is -0.293 e. The Balaban J connectivity index is 2.44. The number of carbonyl (C=O) groups excluding carboxylic acids is 1. The molecule has 0 unspecified atom stereocenters. The summed E-state index contributed by atoms with van der Waals surface area (Å²) in [7, 11) is 0. The minimum absolute atomic E-state index is 0.0303. The fourth-order valence-corrected chi connectivity index (χ4v) is 2.03. The van der Waals surface area contributed by atoms with Crippen LogP contribution >= 0.6 is 27.5 Å². The van der Waals surface area contributed by atoms with Crippen LogP contribution in [0.3, 0.4) is 0 Å². The SMILES string of the molecule is Cc1c(C(=O)CBr)cnn1-c1ccc(Cl)cc1. The highest BCUT2D eigenvalue weighted by Crippen LogP contribution is 2.17. The van der Waals surface area contributed by atoms with Crippen molar-refractivity contribution >= 4 is 33.3 Å². The molecule has 0 saturated carbocycles. The lowest BCUT2D eigenvalue weighted by Crippen LogP contribution is -2.03. The number of alkyl halides is 1. The van der Waals surface area contributed by atoms with E-state index in [2.05, 4.69) is 21.0 Å². The summed E-state index contributed by atoms with van der Waals surface area (Å²) in [4.78, 5) is 11.6. The first kappa shape index (κ1) is 12.3. The maximum Gasteiger partial charge on any atom is 0.176 e. The Labute approximate surface area is 113 Å². The van der Waals surface area contributed by atoms with Gasteiger partial charge in [0.05, 0.1) is 28.5 Å². The van der Waals surface area contributed by atoms with Crippen LogP contribution in [0.1, 0.15) is 16.1 Å². The summed E-state index contributed by atoms with van der Waals surface area (Å²) in [5.41, 5.74) is 2.36. The van der Waals surface area contributed by atoms with Gasteiger partial charge in [0.25, 0.3) is 0 Å². The zero-order chi connectivity index (χ0) is 12.4. The van der Waals surface area contributed by atoms with Crippen molar-refractivity contribution in [2.24, 2.45) is 0 Å². The molecule has 5 heteroatoms. The molecule has 2 rings (SSSR count). The maximum absolute atomic E-state index is 11.6. The lowest BCUT2D eigenvalue weighted by atomic mass is 10.2. The molecule has 17 heavy (non-hydrogen) atoms. The van der Waals surface area contributed by atoms with Gasteiger partial charge in [-0.2, -0.15) is 5.10 Å². The summed E-state index contributed by atoms with van der Waals surface area (Å²) in [5.74, 6) is 0.0303. The highest BCUT2D eigenvalue weighted by atomic mass is 79.9. The molecule has 0 aliphatic rings. The first-order valence-electron chi connectivity index (χ1n) is 5.03. The lowest BCUT2D eigenvalue weighted by molar-refractivity contribution is 0.102. The van der Waals surface area contributed by atoms with E-state index in [-0.39, 0.29) is 5.78 Å². The summed E-state index contributed by atoms with van der Waals surface area (Å²) < 4.78 is 1.73. The number of rotatable bonds is 3. The molecule has 0 N–H and O–H groups in total. The van der Waals surface area contributed by atoms with Crippen molar-refractivity contribution in [1.29, 1.82) is 0 Å². The van der Waals surface area contributed by atoms with Gasteiger partial charge < -0.3 is 0 Å². The Hall–Kier alpha value is -1.13. The number of nitrogens with zero attached hydrogens (tertiary/aromatic N) is 2. The molecule has 0 saturated heterocycles. The molecule has 0 aliphatic heterocycles. The molecule has 1 aromatic heterocycles. The molecule has 0 amide bonds. The van der Waals surface area contributed by atoms with Gasteiger partial charge in [-0.25, -0.2) is 4.68 Å². The van der Waals surface area contributed by atoms with Gasteiger partial charge in [0.1, 0.15) is 0 Å². The molecule has 1 heterocycles. The van der Waals surface area contributed by atoms with Crippen LogP contribution in [-0.4, -0.2) is 20.9 Å². The van der Waals surface area contributed by atoms with Gasteiger partial charge in [-0.15, -0.1) is 0 Å². The van der Waals surface area contributed by atoms with Gasteiger partial charge in [0.2, 0.25) is 0 Å². The van der Waals surface area contributed by atoms with Gasteiger partial charge in [-0.3, -0.25) is 4.79 Å². The van der Waals surface area contributed by atoms with Crippen LogP contribution in [0.25, 0.3) is 5.69 Å². The zero-order valence-corrected chi connectivity index (χ0v) is 11.5. The standard InChI is InChI=1S/C12H10BrClN2O/c1-8-11(12(17)6-13)7-15-16(8)10-4-2-9(14)3-5-10/h2-5,7H,6H2,1H3. The van der Waals surface area contributed by atoms with Gasteiger partial charge in [-0.1, -0.05) is 27.5 Å². The van der Waals surface area contributed by atoms with Gasteiger partial charge in [0, 0.05) is 5.02 Å². The van der Waals surface area contributed by atoms with E-state index in [9.17, 15) is 4.79 Å². The van der Waals surface area contributed by atoms with E-state index in [1.54, 1.807) is 23.0 Å². The van der Waals surface area contributed by atoms with Gasteiger partial charge >= 0.3 is 0 Å². The molecule has 0 bridgehead atoms. The summed E-state index contributed by atoms with van der Waals surface area (Å²) in [5, 5.41) is 5.20. The molecule has 3 nitrogen and oxygen atoms in total. The molecule has 88 valence electrons. The number of hydrogen-bond donors (Lipinski definition) is 0. The van der Waals surface area contributed by atoms with Gasteiger partial charge in [-0.05, 0) is 31.2 Å². The van der Waals surface area contributed by atoms with Crippen LogP contribution in [0.4, 0.5) is 0 Å². The van der Waals surface area contributed by atoms with E-state index in [4.69, 9.17) is 11.6 Å². The van der Waals surface area contributed by atoms with Crippen LogP contribution < -0.4 is 0 Å². The number of halogens is 2. The smallest absolute Gasteiger partial charge is 0.176 e. The molecule has 0 atom stereocenters. The first-order chi connectivity index (χ1) is 8.13. The minimum atomic E-state index is 0.0303. The van der Waals surface area contributed by atoms with Crippen molar-refractivity contribution in [3.8, 4) is 5.69 Å². The van der Waals surface area contributed by atoms with Crippen LogP contribution in [0, 0.1) is 6.92 Å². The molecule has 2 aromatic rings. The van der Waals surface area contributed by atoms with Gasteiger partial charge in [0.15, 0.2) is 5.78 Å². The second-order valence-electron chi connectivity index (χ2n) is 3.59. The summed E-state index contributed by atoms with van der Waals surface area (Å²) >= 11 is 8.98. The van der Waals surface area contributed by atoms with E-state index in [0.29, 0.717) is 15.9 Å². The van der Waals surface area contributed by atoms with Crippen molar-refractivity contribution in [2.75, 3.05) is 5.33 Å². The molecule has 0 radical (unpaired) electrons. The Morgan fingerprint density at radius 2 is 2.06 bits per heavy atom. The maximum atomic E-state index is 11.6. The number of benzene rings is 1. The second-order valence-corrected chi connectivity index (χ2v) is 4.59. The van der Waals surface area contributed by atoms with E-state index in [1.165, 1.54) is 0 Å². The molecule has 0 fully saturated rings. The Morgan fingerprint density at radius 3 is 2.65 bits per heavy atom.